The maximum Gasteiger partial charge on any atom is 0.256 e. The lowest BCUT2D eigenvalue weighted by Gasteiger charge is -2.34. The third kappa shape index (κ3) is 6.30. The fourth-order valence-electron chi connectivity index (χ4n) is 3.15. The molecular weight excluding hydrogens is 464 g/mol. The zero-order chi connectivity index (χ0) is 21.5. The van der Waals surface area contributed by atoms with Gasteiger partial charge in [-0.05, 0) is 49.7 Å². The lowest BCUT2D eigenvalue weighted by molar-refractivity contribution is -0.123. The van der Waals surface area contributed by atoms with E-state index in [1.165, 1.54) is 11.8 Å². The summed E-state index contributed by atoms with van der Waals surface area (Å²) in [6.45, 7) is 7.02. The number of carbonyl (C=O) groups is 2. The molecule has 1 aliphatic heterocycles. The average molecular weight is 491 g/mol. The molecule has 2 aromatic rings. The smallest absolute Gasteiger partial charge is 0.256 e. The van der Waals surface area contributed by atoms with Crippen LogP contribution in [0, 0.1) is 0 Å². The molecule has 1 aromatic heterocycles. The molecule has 1 saturated heterocycles. The minimum Gasteiger partial charge on any atom is -0.353 e. The fourth-order valence-corrected chi connectivity index (χ4v) is 4.29. The molecule has 8 heteroatoms. The van der Waals surface area contributed by atoms with Crippen molar-refractivity contribution in [3.8, 4) is 0 Å². The molecule has 1 unspecified atom stereocenters. The first kappa shape index (κ1) is 22.8. The number of amides is 2. The van der Waals surface area contributed by atoms with E-state index in [-0.39, 0.29) is 17.9 Å². The Morgan fingerprint density at radius 3 is 2.53 bits per heavy atom. The summed E-state index contributed by atoms with van der Waals surface area (Å²) in [5.41, 5.74) is 0.619. The van der Waals surface area contributed by atoms with Gasteiger partial charge in [-0.3, -0.25) is 14.5 Å². The molecule has 1 atom stereocenters. The highest BCUT2D eigenvalue weighted by Crippen LogP contribution is 2.30. The third-order valence-corrected chi connectivity index (χ3v) is 6.63. The predicted molar refractivity (Wildman–Crippen MR) is 123 cm³/mol. The molecule has 1 fully saturated rings. The summed E-state index contributed by atoms with van der Waals surface area (Å²) in [6, 6.07) is 11.8. The Labute approximate surface area is 190 Å². The van der Waals surface area contributed by atoms with E-state index < -0.39 is 0 Å². The van der Waals surface area contributed by atoms with Crippen molar-refractivity contribution in [2.45, 2.75) is 36.2 Å². The van der Waals surface area contributed by atoms with E-state index in [4.69, 9.17) is 0 Å². The highest BCUT2D eigenvalue weighted by Gasteiger charge is 2.25. The van der Waals surface area contributed by atoms with Gasteiger partial charge in [-0.15, -0.1) is 0 Å². The number of hydrogen-bond acceptors (Lipinski definition) is 5. The van der Waals surface area contributed by atoms with Crippen LogP contribution in [0.25, 0.3) is 0 Å². The minimum absolute atomic E-state index is 0.00795. The van der Waals surface area contributed by atoms with Gasteiger partial charge in [-0.2, -0.15) is 0 Å². The number of piperazine rings is 1. The number of aromatic nitrogens is 1. The van der Waals surface area contributed by atoms with E-state index in [2.05, 4.69) is 38.1 Å². The number of halogens is 1. The maximum atomic E-state index is 13.1. The summed E-state index contributed by atoms with van der Waals surface area (Å²) in [6.07, 6.45) is 2.63. The summed E-state index contributed by atoms with van der Waals surface area (Å²) in [5.74, 6) is 0.0380. The van der Waals surface area contributed by atoms with Crippen LogP contribution in [0.2, 0.25) is 0 Å². The van der Waals surface area contributed by atoms with E-state index >= 15 is 0 Å². The van der Waals surface area contributed by atoms with Crippen molar-refractivity contribution in [3.63, 3.8) is 0 Å². The van der Waals surface area contributed by atoms with Crippen molar-refractivity contribution in [1.29, 1.82) is 0 Å². The second-order valence-corrected chi connectivity index (χ2v) is 9.34. The maximum absolute atomic E-state index is 13.1. The lowest BCUT2D eigenvalue weighted by Crippen LogP contribution is -2.51. The molecule has 3 rings (SSSR count). The largest absolute Gasteiger partial charge is 0.353 e. The Morgan fingerprint density at radius 1 is 1.17 bits per heavy atom. The van der Waals surface area contributed by atoms with Crippen LogP contribution in [0.3, 0.4) is 0 Å². The fraction of sp³-hybridized carbons (Fsp3) is 0.409. The summed E-state index contributed by atoms with van der Waals surface area (Å²) in [5, 5.41) is 3.70. The monoisotopic (exact) mass is 490 g/mol. The first-order valence-corrected chi connectivity index (χ1v) is 11.8. The SMILES string of the molecule is CCC(C)NC(=O)CN1CCN(C(=O)c2cccnc2Sc2ccc(Br)cc2)CC1. The Hall–Kier alpha value is -1.90. The van der Waals surface area contributed by atoms with Gasteiger partial charge in [0.25, 0.3) is 5.91 Å². The Balaban J connectivity index is 1.59. The lowest BCUT2D eigenvalue weighted by atomic mass is 10.2. The van der Waals surface area contributed by atoms with Gasteiger partial charge in [0.1, 0.15) is 5.03 Å². The zero-order valence-corrected chi connectivity index (χ0v) is 19.7. The Morgan fingerprint density at radius 2 is 1.87 bits per heavy atom. The molecule has 0 aliphatic carbocycles. The molecule has 1 N–H and O–H groups in total. The van der Waals surface area contributed by atoms with Crippen LogP contribution >= 0.6 is 27.7 Å². The second kappa shape index (κ2) is 10.9. The van der Waals surface area contributed by atoms with Gasteiger partial charge in [0.05, 0.1) is 12.1 Å². The average Bonchev–Trinajstić information content (AvgIpc) is 2.75. The van der Waals surface area contributed by atoms with Gasteiger partial charge in [0, 0.05) is 47.8 Å². The van der Waals surface area contributed by atoms with Crippen LogP contribution in [0.15, 0.2) is 57.0 Å². The van der Waals surface area contributed by atoms with Crippen LogP contribution in [0.4, 0.5) is 0 Å². The molecule has 2 amide bonds. The van der Waals surface area contributed by atoms with Gasteiger partial charge >= 0.3 is 0 Å². The highest BCUT2D eigenvalue weighted by atomic mass is 79.9. The zero-order valence-electron chi connectivity index (χ0n) is 17.3. The quantitative estimate of drug-likeness (QED) is 0.641. The van der Waals surface area contributed by atoms with Gasteiger partial charge in [-0.1, -0.05) is 34.6 Å². The topological polar surface area (TPSA) is 65.5 Å². The first-order chi connectivity index (χ1) is 14.5. The molecule has 6 nitrogen and oxygen atoms in total. The van der Waals surface area contributed by atoms with Gasteiger partial charge < -0.3 is 10.2 Å². The summed E-state index contributed by atoms with van der Waals surface area (Å²) in [7, 11) is 0. The summed E-state index contributed by atoms with van der Waals surface area (Å²) in [4.78, 5) is 34.7. The molecule has 160 valence electrons. The van der Waals surface area contributed by atoms with Gasteiger partial charge in [-0.25, -0.2) is 4.98 Å². The van der Waals surface area contributed by atoms with Crippen LogP contribution in [0.5, 0.6) is 0 Å². The molecule has 2 heterocycles. The minimum atomic E-state index is -0.00795. The predicted octanol–water partition coefficient (Wildman–Crippen LogP) is 3.67. The Kier molecular flexibility index (Phi) is 8.30. The molecule has 1 aromatic carbocycles. The number of rotatable bonds is 7. The van der Waals surface area contributed by atoms with Gasteiger partial charge in [0.15, 0.2) is 0 Å². The van der Waals surface area contributed by atoms with E-state index in [0.29, 0.717) is 43.3 Å². The Bertz CT molecular complexity index is 870. The normalized spacial score (nSPS) is 15.6. The van der Waals surface area contributed by atoms with E-state index in [0.717, 1.165) is 15.8 Å². The standard InChI is InChI=1S/C22H27BrN4O2S/c1-3-16(2)25-20(28)15-26-11-13-27(14-12-26)22(29)19-5-4-10-24-21(19)30-18-8-6-17(23)7-9-18/h4-10,16H,3,11-15H2,1-2H3,(H,25,28). The summed E-state index contributed by atoms with van der Waals surface area (Å²) >= 11 is 4.93. The molecule has 0 saturated carbocycles. The number of nitrogens with one attached hydrogen (secondary N) is 1. The second-order valence-electron chi connectivity index (χ2n) is 7.36. The van der Waals surface area contributed by atoms with E-state index in [1.54, 1.807) is 12.3 Å². The number of hydrogen-bond donors (Lipinski definition) is 1. The van der Waals surface area contributed by atoms with Crippen LogP contribution in [-0.4, -0.2) is 65.4 Å². The van der Waals surface area contributed by atoms with Crippen molar-refractivity contribution in [1.82, 2.24) is 20.1 Å². The van der Waals surface area contributed by atoms with Crippen LogP contribution in [-0.2, 0) is 4.79 Å². The van der Waals surface area contributed by atoms with E-state index in [9.17, 15) is 9.59 Å². The molecule has 0 bridgehead atoms. The van der Waals surface area contributed by atoms with Crippen LogP contribution in [0.1, 0.15) is 30.6 Å². The van der Waals surface area contributed by atoms with Crippen LogP contribution < -0.4 is 5.32 Å². The number of pyridine rings is 1. The summed E-state index contributed by atoms with van der Waals surface area (Å²) < 4.78 is 1.01. The van der Waals surface area contributed by atoms with Crippen molar-refractivity contribution < 1.29 is 9.59 Å². The van der Waals surface area contributed by atoms with Crippen molar-refractivity contribution in [2.75, 3.05) is 32.7 Å². The molecule has 0 spiro atoms. The van der Waals surface area contributed by atoms with Crippen molar-refractivity contribution in [3.05, 3.63) is 52.6 Å². The highest BCUT2D eigenvalue weighted by molar-refractivity contribution is 9.10. The first-order valence-electron chi connectivity index (χ1n) is 10.2. The van der Waals surface area contributed by atoms with Crippen molar-refractivity contribution in [2.24, 2.45) is 0 Å². The molecule has 30 heavy (non-hydrogen) atoms. The van der Waals surface area contributed by atoms with E-state index in [1.807, 2.05) is 42.2 Å². The van der Waals surface area contributed by atoms with Gasteiger partial charge in [0.2, 0.25) is 5.91 Å². The third-order valence-electron chi connectivity index (χ3n) is 5.08. The molecular formula is C22H27BrN4O2S. The number of nitrogens with zero attached hydrogens (tertiary/aromatic N) is 3. The molecule has 0 radical (unpaired) electrons. The van der Waals surface area contributed by atoms with Crippen molar-refractivity contribution >= 4 is 39.5 Å². The number of benzene rings is 1. The molecule has 1 aliphatic rings. The number of carbonyl (C=O) groups excluding carboxylic acids is 2.